The summed E-state index contributed by atoms with van der Waals surface area (Å²) in [6.07, 6.45) is 3.76. The van der Waals surface area contributed by atoms with Crippen LogP contribution >= 0.6 is 24.0 Å². The summed E-state index contributed by atoms with van der Waals surface area (Å²) in [5, 5.41) is 0. The van der Waals surface area contributed by atoms with Crippen molar-refractivity contribution < 1.29 is 4.39 Å². The molecular weight excluding hydrogens is 494 g/mol. The molecule has 0 spiro atoms. The SMILES string of the molecule is I.NC(=NCc1nccn1Cc1ccccc1)N1CCN(c2ccc(F)cc2)CC1. The lowest BCUT2D eigenvalue weighted by atomic mass is 10.2. The van der Waals surface area contributed by atoms with Gasteiger partial charge in [-0.15, -0.1) is 24.0 Å². The second-order valence-corrected chi connectivity index (χ2v) is 7.08. The van der Waals surface area contributed by atoms with Crippen LogP contribution in [0.3, 0.4) is 0 Å². The van der Waals surface area contributed by atoms with Crippen LogP contribution in [0.25, 0.3) is 0 Å². The Hall–Kier alpha value is -2.62. The lowest BCUT2D eigenvalue weighted by Gasteiger charge is -2.36. The molecule has 1 aromatic heterocycles. The van der Waals surface area contributed by atoms with Crippen LogP contribution in [-0.4, -0.2) is 46.6 Å². The number of nitrogens with two attached hydrogens (primary N) is 1. The first-order valence-electron chi connectivity index (χ1n) is 9.78. The molecule has 8 heteroatoms. The number of hydrogen-bond acceptors (Lipinski definition) is 3. The van der Waals surface area contributed by atoms with E-state index in [-0.39, 0.29) is 29.8 Å². The summed E-state index contributed by atoms with van der Waals surface area (Å²) >= 11 is 0. The van der Waals surface area contributed by atoms with Gasteiger partial charge in [0.25, 0.3) is 0 Å². The molecule has 2 heterocycles. The third-order valence-corrected chi connectivity index (χ3v) is 5.18. The third-order valence-electron chi connectivity index (χ3n) is 5.18. The summed E-state index contributed by atoms with van der Waals surface area (Å²) < 4.78 is 15.2. The minimum Gasteiger partial charge on any atom is -0.370 e. The number of hydrogen-bond donors (Lipinski definition) is 1. The zero-order chi connectivity index (χ0) is 20.1. The Balaban J connectivity index is 0.00000256. The minimum atomic E-state index is -0.214. The summed E-state index contributed by atoms with van der Waals surface area (Å²) in [6, 6.07) is 16.9. The van der Waals surface area contributed by atoms with E-state index in [9.17, 15) is 4.39 Å². The van der Waals surface area contributed by atoms with E-state index in [1.165, 1.54) is 17.7 Å². The van der Waals surface area contributed by atoms with Gasteiger partial charge in [-0.25, -0.2) is 14.4 Å². The Morgan fingerprint density at radius 1 is 1.00 bits per heavy atom. The average Bonchev–Trinajstić information content (AvgIpc) is 3.20. The van der Waals surface area contributed by atoms with Crippen molar-refractivity contribution in [2.75, 3.05) is 31.1 Å². The number of benzene rings is 2. The molecule has 6 nitrogen and oxygen atoms in total. The number of anilines is 1. The standard InChI is InChI=1S/C22H25FN6.HI/c23-19-6-8-20(9-7-19)27-12-14-28(15-13-27)22(24)26-16-21-25-10-11-29(21)17-18-4-2-1-3-5-18;/h1-11H,12-17H2,(H2,24,26);1H. The summed E-state index contributed by atoms with van der Waals surface area (Å²) in [7, 11) is 0. The van der Waals surface area contributed by atoms with Gasteiger partial charge in [0.05, 0.1) is 0 Å². The zero-order valence-electron chi connectivity index (χ0n) is 16.7. The van der Waals surface area contributed by atoms with E-state index in [0.717, 1.165) is 44.2 Å². The van der Waals surface area contributed by atoms with Gasteiger partial charge >= 0.3 is 0 Å². The first kappa shape index (κ1) is 22.1. The molecule has 3 aromatic rings. The molecule has 0 bridgehead atoms. The van der Waals surface area contributed by atoms with E-state index in [2.05, 4.69) is 36.5 Å². The molecule has 0 aliphatic carbocycles. The second kappa shape index (κ2) is 10.4. The second-order valence-electron chi connectivity index (χ2n) is 7.08. The predicted molar refractivity (Wildman–Crippen MR) is 129 cm³/mol. The molecule has 158 valence electrons. The summed E-state index contributed by atoms with van der Waals surface area (Å²) in [6.45, 7) is 4.43. The number of guanidine groups is 1. The molecule has 0 amide bonds. The van der Waals surface area contributed by atoms with Gasteiger partial charge < -0.3 is 20.1 Å². The molecule has 1 saturated heterocycles. The Bertz CT molecular complexity index is 949. The fourth-order valence-electron chi connectivity index (χ4n) is 3.51. The van der Waals surface area contributed by atoms with Crippen LogP contribution in [0.15, 0.2) is 72.0 Å². The molecule has 0 radical (unpaired) electrons. The van der Waals surface area contributed by atoms with Gasteiger partial charge in [0.2, 0.25) is 0 Å². The molecule has 2 aromatic carbocycles. The number of halogens is 2. The fraction of sp³-hybridized carbons (Fsp3) is 0.273. The van der Waals surface area contributed by atoms with Crippen molar-refractivity contribution in [2.24, 2.45) is 10.7 Å². The normalized spacial score (nSPS) is 14.5. The van der Waals surface area contributed by atoms with E-state index < -0.39 is 0 Å². The maximum atomic E-state index is 13.1. The van der Waals surface area contributed by atoms with Crippen LogP contribution < -0.4 is 10.6 Å². The number of aliphatic imine (C=N–C) groups is 1. The van der Waals surface area contributed by atoms with Crippen molar-refractivity contribution >= 4 is 35.6 Å². The van der Waals surface area contributed by atoms with E-state index in [1.807, 2.05) is 36.5 Å². The summed E-state index contributed by atoms with van der Waals surface area (Å²) in [4.78, 5) is 13.3. The number of imidazole rings is 1. The average molecular weight is 520 g/mol. The lowest BCUT2D eigenvalue weighted by molar-refractivity contribution is 0.380. The maximum Gasteiger partial charge on any atom is 0.191 e. The van der Waals surface area contributed by atoms with E-state index in [1.54, 1.807) is 6.20 Å². The van der Waals surface area contributed by atoms with Gasteiger partial charge in [-0.2, -0.15) is 0 Å². The van der Waals surface area contributed by atoms with Crippen molar-refractivity contribution in [3.63, 3.8) is 0 Å². The molecule has 2 N–H and O–H groups in total. The van der Waals surface area contributed by atoms with Crippen LogP contribution in [0.5, 0.6) is 0 Å². The number of rotatable bonds is 5. The van der Waals surface area contributed by atoms with Crippen LogP contribution in [0, 0.1) is 5.82 Å². The highest BCUT2D eigenvalue weighted by molar-refractivity contribution is 14.0. The van der Waals surface area contributed by atoms with Gasteiger partial charge in [0.1, 0.15) is 18.2 Å². The summed E-state index contributed by atoms with van der Waals surface area (Å²) in [5.74, 6) is 1.22. The molecule has 1 aliphatic heterocycles. The molecule has 0 unspecified atom stereocenters. The number of aromatic nitrogens is 2. The van der Waals surface area contributed by atoms with Crippen molar-refractivity contribution in [3.8, 4) is 0 Å². The highest BCUT2D eigenvalue weighted by Crippen LogP contribution is 2.17. The van der Waals surface area contributed by atoms with Gasteiger partial charge in [0.15, 0.2) is 5.96 Å². The largest absolute Gasteiger partial charge is 0.370 e. The van der Waals surface area contributed by atoms with Gasteiger partial charge in [-0.05, 0) is 29.8 Å². The molecular formula is C22H26FIN6. The molecule has 1 fully saturated rings. The Labute approximate surface area is 193 Å². The van der Waals surface area contributed by atoms with Crippen molar-refractivity contribution in [2.45, 2.75) is 13.1 Å². The lowest BCUT2D eigenvalue weighted by Crippen LogP contribution is -2.51. The van der Waals surface area contributed by atoms with Gasteiger partial charge in [-0.3, -0.25) is 0 Å². The monoisotopic (exact) mass is 520 g/mol. The van der Waals surface area contributed by atoms with E-state index >= 15 is 0 Å². The minimum absolute atomic E-state index is 0. The molecule has 0 saturated carbocycles. The van der Waals surface area contributed by atoms with Crippen molar-refractivity contribution in [1.29, 1.82) is 0 Å². The fourth-order valence-corrected chi connectivity index (χ4v) is 3.51. The zero-order valence-corrected chi connectivity index (χ0v) is 19.0. The van der Waals surface area contributed by atoms with Gasteiger partial charge in [-0.1, -0.05) is 30.3 Å². The van der Waals surface area contributed by atoms with Gasteiger partial charge in [0, 0.05) is 50.8 Å². The molecule has 4 rings (SSSR count). The number of piperazine rings is 1. The highest BCUT2D eigenvalue weighted by atomic mass is 127. The van der Waals surface area contributed by atoms with E-state index in [4.69, 9.17) is 5.73 Å². The topological polar surface area (TPSA) is 62.7 Å². The predicted octanol–water partition coefficient (Wildman–Crippen LogP) is 3.33. The first-order chi connectivity index (χ1) is 14.2. The van der Waals surface area contributed by atoms with Crippen LogP contribution in [0.4, 0.5) is 10.1 Å². The van der Waals surface area contributed by atoms with Crippen LogP contribution in [-0.2, 0) is 13.1 Å². The maximum absolute atomic E-state index is 13.1. The molecule has 0 atom stereocenters. The van der Waals surface area contributed by atoms with Crippen LogP contribution in [0.2, 0.25) is 0 Å². The van der Waals surface area contributed by atoms with Crippen LogP contribution in [0.1, 0.15) is 11.4 Å². The van der Waals surface area contributed by atoms with E-state index in [0.29, 0.717) is 12.5 Å². The molecule has 30 heavy (non-hydrogen) atoms. The molecule has 1 aliphatic rings. The highest BCUT2D eigenvalue weighted by Gasteiger charge is 2.18. The Morgan fingerprint density at radius 3 is 2.40 bits per heavy atom. The Morgan fingerprint density at radius 2 is 1.70 bits per heavy atom. The first-order valence-corrected chi connectivity index (χ1v) is 9.78. The third kappa shape index (κ3) is 5.50. The van der Waals surface area contributed by atoms with Crippen molar-refractivity contribution in [3.05, 3.63) is 84.2 Å². The summed E-state index contributed by atoms with van der Waals surface area (Å²) in [5.41, 5.74) is 8.50. The smallest absolute Gasteiger partial charge is 0.191 e. The number of nitrogens with zero attached hydrogens (tertiary/aromatic N) is 5. The Kier molecular flexibility index (Phi) is 7.67. The quantitative estimate of drug-likeness (QED) is 0.319. The van der Waals surface area contributed by atoms with Crippen molar-refractivity contribution in [1.82, 2.24) is 14.5 Å².